The third-order valence-corrected chi connectivity index (χ3v) is 12.2. The van der Waals surface area contributed by atoms with Crippen LogP contribution in [0.15, 0.2) is 48.6 Å². The molecule has 4 aliphatic carbocycles. The summed E-state index contributed by atoms with van der Waals surface area (Å²) in [4.78, 5) is 0. The monoisotopic (exact) mass is 518 g/mol. The van der Waals surface area contributed by atoms with Crippen LogP contribution in [0.3, 0.4) is 0 Å². The molecule has 0 N–H and O–H groups in total. The summed E-state index contributed by atoms with van der Waals surface area (Å²) in [6.07, 6.45) is 25.1. The van der Waals surface area contributed by atoms with Gasteiger partial charge in [-0.2, -0.15) is 0 Å². The predicted octanol–water partition coefficient (Wildman–Crippen LogP) is 8.79. The van der Waals surface area contributed by atoms with Gasteiger partial charge in [-0.15, -0.1) is 8.07 Å². The third kappa shape index (κ3) is 7.70. The first-order valence-electron chi connectivity index (χ1n) is 10.7. The predicted molar refractivity (Wildman–Crippen MR) is 142 cm³/mol. The van der Waals surface area contributed by atoms with E-state index >= 15 is 0 Å². The fourth-order valence-electron chi connectivity index (χ4n) is 5.92. The van der Waals surface area contributed by atoms with Crippen molar-refractivity contribution in [3.8, 4) is 0 Å². The summed E-state index contributed by atoms with van der Waals surface area (Å²) >= 11 is 0. The van der Waals surface area contributed by atoms with E-state index < -0.39 is 16.1 Å². The standard InChI is InChI=1S/C20H28Si.C4H11Si.3CH3.Zr/c1-21(2,19-13-11-15-7-3-5-9-17(15)19)20-14-12-16-8-4-6-10-18(16)20;1-5(2,3)4;;;;/h3-10,15-20H,11-14H2,1-2H3;1H2,2-4H3;3*1H3;/q;4*-1;+4. The summed E-state index contributed by atoms with van der Waals surface area (Å²) in [6.45, 7) is 16.0. The molecule has 3 heteroatoms. The number of hydrogen-bond donors (Lipinski definition) is 0. The summed E-state index contributed by atoms with van der Waals surface area (Å²) in [6, 6.07) is 0. The van der Waals surface area contributed by atoms with Crippen LogP contribution in [0.2, 0.25) is 43.8 Å². The topological polar surface area (TPSA) is 0 Å². The van der Waals surface area contributed by atoms with E-state index in [9.17, 15) is 0 Å². The molecule has 4 rings (SSSR count). The van der Waals surface area contributed by atoms with Gasteiger partial charge in [0.15, 0.2) is 0 Å². The van der Waals surface area contributed by atoms with Crippen LogP contribution in [0.1, 0.15) is 25.7 Å². The summed E-state index contributed by atoms with van der Waals surface area (Å²) < 4.78 is 0. The van der Waals surface area contributed by atoms with Crippen LogP contribution in [0, 0.1) is 52.5 Å². The normalized spacial score (nSPS) is 32.9. The molecule has 0 radical (unpaired) electrons. The first kappa shape index (κ1) is 32.5. The van der Waals surface area contributed by atoms with E-state index in [2.05, 4.69) is 87.9 Å². The molecule has 2 fully saturated rings. The van der Waals surface area contributed by atoms with Crippen molar-refractivity contribution >= 4 is 16.1 Å². The number of hydrogen-bond acceptors (Lipinski definition) is 0. The van der Waals surface area contributed by atoms with Gasteiger partial charge in [0.05, 0.1) is 8.07 Å². The molecule has 0 saturated heterocycles. The average molecular weight is 520 g/mol. The Morgan fingerprint density at radius 1 is 0.600 bits per heavy atom. The van der Waals surface area contributed by atoms with E-state index in [1.54, 1.807) is 0 Å². The van der Waals surface area contributed by atoms with Crippen LogP contribution >= 0.6 is 0 Å². The van der Waals surface area contributed by atoms with Crippen LogP contribution in [-0.4, -0.2) is 16.1 Å². The molecule has 0 nitrogen and oxygen atoms in total. The second kappa shape index (κ2) is 13.1. The van der Waals surface area contributed by atoms with Gasteiger partial charge >= 0.3 is 26.2 Å². The summed E-state index contributed by atoms with van der Waals surface area (Å²) in [5, 5.41) is 0. The smallest absolute Gasteiger partial charge is 0.358 e. The van der Waals surface area contributed by atoms with Crippen molar-refractivity contribution in [2.24, 2.45) is 23.7 Å². The molecule has 4 aliphatic rings. The van der Waals surface area contributed by atoms with Crippen molar-refractivity contribution in [3.63, 3.8) is 0 Å². The quantitative estimate of drug-likeness (QED) is 0.252. The van der Waals surface area contributed by atoms with Crippen molar-refractivity contribution in [2.45, 2.75) is 69.5 Å². The Bertz CT molecular complexity index is 557. The minimum atomic E-state index is -1.22. The van der Waals surface area contributed by atoms with Gasteiger partial charge < -0.3 is 28.8 Å². The van der Waals surface area contributed by atoms with Crippen LogP contribution in [0.4, 0.5) is 0 Å². The van der Waals surface area contributed by atoms with Crippen LogP contribution in [0.5, 0.6) is 0 Å². The maximum atomic E-state index is 3.91. The molecular weight excluding hydrogens is 472 g/mol. The first-order chi connectivity index (χ1) is 12.2. The maximum Gasteiger partial charge on any atom is 4.00 e. The number of allylic oxidation sites excluding steroid dienone is 8. The molecule has 0 spiro atoms. The third-order valence-electron chi connectivity index (χ3n) is 7.06. The SMILES string of the molecule is C[Si](C)(C1CCC2C=CC=CC21)C1CCC2C=CC=CC21.[CH2-][Si](C)(C)C.[CH3-].[CH3-].[CH3-].[Zr+4]. The van der Waals surface area contributed by atoms with Crippen molar-refractivity contribution in [1.29, 1.82) is 0 Å². The van der Waals surface area contributed by atoms with Crippen molar-refractivity contribution in [3.05, 3.63) is 77.4 Å². The van der Waals surface area contributed by atoms with Crippen LogP contribution < -0.4 is 0 Å². The zero-order valence-electron chi connectivity index (χ0n) is 21.1. The zero-order chi connectivity index (χ0) is 18.9. The Balaban J connectivity index is 0. The molecule has 0 aromatic heterocycles. The van der Waals surface area contributed by atoms with Crippen LogP contribution in [-0.2, 0) is 26.2 Å². The average Bonchev–Trinajstić information content (AvgIpc) is 3.18. The Hall–Kier alpha value is 0.277. The zero-order valence-corrected chi connectivity index (χ0v) is 25.6. The van der Waals surface area contributed by atoms with Crippen LogP contribution in [0.25, 0.3) is 0 Å². The summed E-state index contributed by atoms with van der Waals surface area (Å²) in [5.41, 5.74) is 2.01. The molecule has 168 valence electrons. The van der Waals surface area contributed by atoms with Gasteiger partial charge in [-0.3, -0.25) is 0 Å². The Labute approximate surface area is 211 Å². The Morgan fingerprint density at radius 2 is 0.900 bits per heavy atom. The van der Waals surface area contributed by atoms with Gasteiger partial charge in [-0.25, -0.2) is 0 Å². The van der Waals surface area contributed by atoms with E-state index in [1.165, 1.54) is 25.7 Å². The van der Waals surface area contributed by atoms with E-state index in [4.69, 9.17) is 0 Å². The van der Waals surface area contributed by atoms with Gasteiger partial charge in [0, 0.05) is 0 Å². The molecule has 30 heavy (non-hydrogen) atoms. The fourth-order valence-corrected chi connectivity index (χ4v) is 11.0. The van der Waals surface area contributed by atoms with Crippen molar-refractivity contribution in [1.82, 2.24) is 0 Å². The molecule has 0 bridgehead atoms. The van der Waals surface area contributed by atoms with E-state index in [0.29, 0.717) is 0 Å². The summed E-state index contributed by atoms with van der Waals surface area (Å²) in [5.74, 6) is 3.43. The molecule has 0 aromatic carbocycles. The second-order valence-corrected chi connectivity index (χ2v) is 21.0. The van der Waals surface area contributed by atoms with Gasteiger partial charge in [0.2, 0.25) is 0 Å². The van der Waals surface area contributed by atoms with Crippen molar-refractivity contribution in [2.75, 3.05) is 0 Å². The molecule has 6 atom stereocenters. The molecular formula is C27H48Si2Zr. The van der Waals surface area contributed by atoms with E-state index in [1.807, 2.05) is 0 Å². The molecule has 2 saturated carbocycles. The number of rotatable bonds is 2. The van der Waals surface area contributed by atoms with E-state index in [-0.39, 0.29) is 48.5 Å². The summed E-state index contributed by atoms with van der Waals surface area (Å²) in [7, 11) is -2.09. The molecule has 0 amide bonds. The largest absolute Gasteiger partial charge is 4.00 e. The minimum absolute atomic E-state index is 0. The minimum Gasteiger partial charge on any atom is -0.358 e. The molecule has 0 aromatic rings. The Morgan fingerprint density at radius 3 is 1.23 bits per heavy atom. The van der Waals surface area contributed by atoms with Gasteiger partial charge in [0.1, 0.15) is 0 Å². The first-order valence-corrected chi connectivity index (χ1v) is 17.6. The Kier molecular flexibility index (Phi) is 14.2. The van der Waals surface area contributed by atoms with Crippen molar-refractivity contribution < 1.29 is 26.2 Å². The molecule has 6 unspecified atom stereocenters. The van der Waals surface area contributed by atoms with Gasteiger partial charge in [-0.1, -0.05) is 94.2 Å². The van der Waals surface area contributed by atoms with E-state index in [0.717, 1.165) is 34.8 Å². The second-order valence-electron chi connectivity index (χ2n) is 10.8. The van der Waals surface area contributed by atoms with Gasteiger partial charge in [0.25, 0.3) is 0 Å². The fraction of sp³-hybridized carbons (Fsp3) is 0.556. The van der Waals surface area contributed by atoms with Gasteiger partial charge in [-0.05, 0) is 47.6 Å². The molecule has 0 heterocycles. The maximum absolute atomic E-state index is 3.91. The molecule has 0 aliphatic heterocycles. The number of fused-ring (bicyclic) bond motifs is 2.